The lowest BCUT2D eigenvalue weighted by Gasteiger charge is -2.10. The number of hydrogen-bond acceptors (Lipinski definition) is 4. The van der Waals surface area contributed by atoms with Crippen molar-refractivity contribution in [3.8, 4) is 11.4 Å². The maximum absolute atomic E-state index is 11.0. The van der Waals surface area contributed by atoms with Crippen molar-refractivity contribution < 1.29 is 14.4 Å². The summed E-state index contributed by atoms with van der Waals surface area (Å²) >= 11 is 3.47. The molecule has 0 saturated carbocycles. The van der Waals surface area contributed by atoms with Gasteiger partial charge in [-0.15, -0.1) is 0 Å². The molecular weight excluding hydrogens is 324 g/mol. The Kier molecular flexibility index (Phi) is 4.23. The van der Waals surface area contributed by atoms with Crippen LogP contribution in [0.4, 0.5) is 0 Å². The lowest BCUT2D eigenvalue weighted by atomic mass is 9.96. The van der Waals surface area contributed by atoms with Gasteiger partial charge in [0.2, 0.25) is 11.7 Å². The van der Waals surface area contributed by atoms with Crippen LogP contribution in [0.15, 0.2) is 27.2 Å². The minimum absolute atomic E-state index is 0.335. The standard InChI is InChI=1S/C14H15BrN2O3/c1-7-4-5-10(11(15)6-7)12-16-13(20-17-12)8(2)9(3)14(18)19/h4-6,8-9H,1-3H3,(H,18,19). The zero-order valence-electron chi connectivity index (χ0n) is 11.4. The summed E-state index contributed by atoms with van der Waals surface area (Å²) in [5, 5.41) is 12.9. The normalized spacial score (nSPS) is 14.0. The van der Waals surface area contributed by atoms with Crippen LogP contribution in [-0.4, -0.2) is 21.2 Å². The van der Waals surface area contributed by atoms with Gasteiger partial charge in [-0.05, 0) is 24.6 Å². The highest BCUT2D eigenvalue weighted by Gasteiger charge is 2.26. The zero-order chi connectivity index (χ0) is 14.9. The Morgan fingerprint density at radius 1 is 1.40 bits per heavy atom. The molecule has 2 unspecified atom stereocenters. The molecule has 1 aromatic carbocycles. The number of rotatable bonds is 4. The van der Waals surface area contributed by atoms with E-state index in [9.17, 15) is 4.79 Å². The monoisotopic (exact) mass is 338 g/mol. The van der Waals surface area contributed by atoms with Gasteiger partial charge in [-0.2, -0.15) is 4.98 Å². The summed E-state index contributed by atoms with van der Waals surface area (Å²) in [5.41, 5.74) is 1.94. The van der Waals surface area contributed by atoms with Crippen LogP contribution in [0.2, 0.25) is 0 Å². The fourth-order valence-corrected chi connectivity index (χ4v) is 2.43. The number of carboxylic acid groups (broad SMARTS) is 1. The predicted molar refractivity (Wildman–Crippen MR) is 77.4 cm³/mol. The fraction of sp³-hybridized carbons (Fsp3) is 0.357. The van der Waals surface area contributed by atoms with E-state index in [-0.39, 0.29) is 5.92 Å². The Hall–Kier alpha value is -1.69. The molecule has 0 saturated heterocycles. The molecule has 1 heterocycles. The first-order valence-electron chi connectivity index (χ1n) is 6.23. The van der Waals surface area contributed by atoms with E-state index < -0.39 is 11.9 Å². The quantitative estimate of drug-likeness (QED) is 0.920. The van der Waals surface area contributed by atoms with Crippen LogP contribution in [-0.2, 0) is 4.79 Å². The van der Waals surface area contributed by atoms with E-state index in [1.165, 1.54) is 0 Å². The van der Waals surface area contributed by atoms with E-state index in [1.807, 2.05) is 25.1 Å². The van der Waals surface area contributed by atoms with Crippen LogP contribution in [0.5, 0.6) is 0 Å². The Labute approximate surface area is 125 Å². The molecule has 106 valence electrons. The largest absolute Gasteiger partial charge is 0.481 e. The molecule has 0 radical (unpaired) electrons. The Balaban J connectivity index is 2.31. The van der Waals surface area contributed by atoms with Crippen molar-refractivity contribution in [2.45, 2.75) is 26.7 Å². The van der Waals surface area contributed by atoms with E-state index in [0.717, 1.165) is 15.6 Å². The molecule has 2 aromatic rings. The summed E-state index contributed by atoms with van der Waals surface area (Å²) < 4.78 is 6.07. The van der Waals surface area contributed by atoms with Crippen molar-refractivity contribution in [3.05, 3.63) is 34.1 Å². The molecule has 0 spiro atoms. The molecule has 0 fully saturated rings. The van der Waals surface area contributed by atoms with Gasteiger partial charge in [0, 0.05) is 16.0 Å². The van der Waals surface area contributed by atoms with Gasteiger partial charge < -0.3 is 9.63 Å². The molecule has 0 aliphatic heterocycles. The second-order valence-corrected chi connectivity index (χ2v) is 5.71. The summed E-state index contributed by atoms with van der Waals surface area (Å²) in [7, 11) is 0. The maximum atomic E-state index is 11.0. The highest BCUT2D eigenvalue weighted by Crippen LogP contribution is 2.29. The third-order valence-electron chi connectivity index (χ3n) is 3.34. The van der Waals surface area contributed by atoms with Gasteiger partial charge in [-0.1, -0.05) is 41.0 Å². The highest BCUT2D eigenvalue weighted by atomic mass is 79.9. The first-order chi connectivity index (χ1) is 9.40. The Bertz CT molecular complexity index is 639. The Morgan fingerprint density at radius 2 is 2.10 bits per heavy atom. The minimum atomic E-state index is -0.881. The summed E-state index contributed by atoms with van der Waals surface area (Å²) in [5.74, 6) is -1.00. The average Bonchev–Trinajstić information content (AvgIpc) is 2.86. The maximum Gasteiger partial charge on any atom is 0.307 e. The lowest BCUT2D eigenvalue weighted by molar-refractivity contribution is -0.141. The van der Waals surface area contributed by atoms with Gasteiger partial charge in [-0.3, -0.25) is 4.79 Å². The second-order valence-electron chi connectivity index (χ2n) is 4.86. The van der Waals surface area contributed by atoms with Crippen molar-refractivity contribution in [1.82, 2.24) is 10.1 Å². The molecule has 2 atom stereocenters. The van der Waals surface area contributed by atoms with Crippen molar-refractivity contribution >= 4 is 21.9 Å². The molecule has 0 aliphatic carbocycles. The van der Waals surface area contributed by atoms with Crippen LogP contribution in [0, 0.1) is 12.8 Å². The topological polar surface area (TPSA) is 76.2 Å². The van der Waals surface area contributed by atoms with Crippen molar-refractivity contribution in [3.63, 3.8) is 0 Å². The predicted octanol–water partition coefficient (Wildman–Crippen LogP) is 3.63. The molecule has 0 aliphatic rings. The third-order valence-corrected chi connectivity index (χ3v) is 3.99. The summed E-state index contributed by atoms with van der Waals surface area (Å²) in [6, 6.07) is 5.83. The average molecular weight is 339 g/mol. The molecule has 6 heteroatoms. The van der Waals surface area contributed by atoms with Gasteiger partial charge >= 0.3 is 5.97 Å². The van der Waals surface area contributed by atoms with Crippen molar-refractivity contribution in [2.75, 3.05) is 0 Å². The number of carbonyl (C=O) groups is 1. The van der Waals surface area contributed by atoms with E-state index in [4.69, 9.17) is 9.63 Å². The molecule has 0 bridgehead atoms. The third kappa shape index (κ3) is 2.90. The van der Waals surface area contributed by atoms with E-state index in [1.54, 1.807) is 13.8 Å². The summed E-state index contributed by atoms with van der Waals surface area (Å²) in [6.45, 7) is 5.38. The van der Waals surface area contributed by atoms with Crippen molar-refractivity contribution in [1.29, 1.82) is 0 Å². The van der Waals surface area contributed by atoms with Crippen LogP contribution in [0.25, 0.3) is 11.4 Å². The van der Waals surface area contributed by atoms with Gasteiger partial charge in [0.05, 0.1) is 5.92 Å². The van der Waals surface area contributed by atoms with Crippen LogP contribution in [0.3, 0.4) is 0 Å². The number of carboxylic acids is 1. The number of aryl methyl sites for hydroxylation is 1. The van der Waals surface area contributed by atoms with Gasteiger partial charge in [0.15, 0.2) is 0 Å². The fourth-order valence-electron chi connectivity index (χ4n) is 1.76. The lowest BCUT2D eigenvalue weighted by Crippen LogP contribution is -2.16. The van der Waals surface area contributed by atoms with Crippen LogP contribution in [0.1, 0.15) is 31.2 Å². The second kappa shape index (κ2) is 5.75. The van der Waals surface area contributed by atoms with E-state index in [2.05, 4.69) is 26.1 Å². The molecule has 5 nitrogen and oxygen atoms in total. The number of aliphatic carboxylic acids is 1. The molecule has 1 N–H and O–H groups in total. The first-order valence-corrected chi connectivity index (χ1v) is 7.02. The first kappa shape index (κ1) is 14.7. The highest BCUT2D eigenvalue weighted by molar-refractivity contribution is 9.10. The van der Waals surface area contributed by atoms with Crippen LogP contribution < -0.4 is 0 Å². The molecular formula is C14H15BrN2O3. The van der Waals surface area contributed by atoms with E-state index >= 15 is 0 Å². The number of nitrogens with zero attached hydrogens (tertiary/aromatic N) is 2. The number of benzene rings is 1. The van der Waals surface area contributed by atoms with Gasteiger partial charge in [-0.25, -0.2) is 0 Å². The molecule has 2 rings (SSSR count). The molecule has 0 amide bonds. The summed E-state index contributed by atoms with van der Waals surface area (Å²) in [6.07, 6.45) is 0. The Morgan fingerprint density at radius 3 is 2.70 bits per heavy atom. The smallest absolute Gasteiger partial charge is 0.307 e. The zero-order valence-corrected chi connectivity index (χ0v) is 13.0. The molecule has 20 heavy (non-hydrogen) atoms. The summed E-state index contributed by atoms with van der Waals surface area (Å²) in [4.78, 5) is 15.3. The minimum Gasteiger partial charge on any atom is -0.481 e. The number of aromatic nitrogens is 2. The molecule has 1 aromatic heterocycles. The van der Waals surface area contributed by atoms with Crippen LogP contribution >= 0.6 is 15.9 Å². The number of hydrogen-bond donors (Lipinski definition) is 1. The van der Waals surface area contributed by atoms with E-state index in [0.29, 0.717) is 11.7 Å². The van der Waals surface area contributed by atoms with Gasteiger partial charge in [0.1, 0.15) is 0 Å². The van der Waals surface area contributed by atoms with Gasteiger partial charge in [0.25, 0.3) is 0 Å². The van der Waals surface area contributed by atoms with Crippen molar-refractivity contribution in [2.24, 2.45) is 5.92 Å². The SMILES string of the molecule is Cc1ccc(-c2noc(C(C)C(C)C(=O)O)n2)c(Br)c1. The number of halogens is 1.